The van der Waals surface area contributed by atoms with Crippen molar-refractivity contribution in [2.24, 2.45) is 11.1 Å². The average Bonchev–Trinajstić information content (AvgIpc) is 2.93. The number of hydrogen-bond donors (Lipinski definition) is 1. The minimum absolute atomic E-state index is 0.561. The number of benzene rings is 1. The molecule has 0 saturated heterocycles. The van der Waals surface area contributed by atoms with Gasteiger partial charge in [-0.05, 0) is 68.2 Å². The first-order chi connectivity index (χ1) is 7.17. The van der Waals surface area contributed by atoms with Gasteiger partial charge in [-0.3, -0.25) is 0 Å². The third-order valence-corrected chi connectivity index (χ3v) is 3.83. The minimum atomic E-state index is 0.561. The van der Waals surface area contributed by atoms with E-state index in [9.17, 15) is 0 Å². The monoisotopic (exact) mass is 203 g/mol. The van der Waals surface area contributed by atoms with Crippen LogP contribution in [0.5, 0.6) is 0 Å². The highest BCUT2D eigenvalue weighted by Crippen LogP contribution is 2.51. The fraction of sp³-hybridized carbons (Fsp3) is 0.571. The smallest absolute Gasteiger partial charge is 0.00719 e. The highest BCUT2D eigenvalue weighted by molar-refractivity contribution is 5.35. The molecule has 1 saturated carbocycles. The lowest BCUT2D eigenvalue weighted by atomic mass is 9.88. The normalized spacial score (nSPS) is 17.8. The van der Waals surface area contributed by atoms with Crippen LogP contribution in [0.3, 0.4) is 0 Å². The molecule has 1 aromatic rings. The Balaban J connectivity index is 2.17. The van der Waals surface area contributed by atoms with Gasteiger partial charge < -0.3 is 5.73 Å². The Labute approximate surface area is 92.7 Å². The van der Waals surface area contributed by atoms with Gasteiger partial charge in [0.05, 0.1) is 0 Å². The summed E-state index contributed by atoms with van der Waals surface area (Å²) in [6.07, 6.45) is 5.18. The molecule has 1 nitrogen and oxygen atoms in total. The lowest BCUT2D eigenvalue weighted by Gasteiger charge is -2.17. The van der Waals surface area contributed by atoms with Crippen LogP contribution in [0.4, 0.5) is 0 Å². The molecule has 0 aromatic heterocycles. The summed E-state index contributed by atoms with van der Waals surface area (Å²) in [5.74, 6) is 0. The third kappa shape index (κ3) is 2.23. The van der Waals surface area contributed by atoms with Crippen molar-refractivity contribution in [3.8, 4) is 0 Å². The van der Waals surface area contributed by atoms with Gasteiger partial charge in [0.15, 0.2) is 0 Å². The van der Waals surface area contributed by atoms with Gasteiger partial charge in [-0.25, -0.2) is 0 Å². The van der Waals surface area contributed by atoms with Crippen molar-refractivity contribution in [3.05, 3.63) is 34.9 Å². The maximum absolute atomic E-state index is 5.68. The van der Waals surface area contributed by atoms with E-state index >= 15 is 0 Å². The standard InChI is InChI=1S/C14H21N/c1-11-4-3-5-12(2)13(11)10-14(6-7-14)8-9-15/h3-5H,6-10,15H2,1-2H3. The number of aryl methyl sites for hydroxylation is 2. The first kappa shape index (κ1) is 10.7. The van der Waals surface area contributed by atoms with Crippen molar-refractivity contribution in [1.29, 1.82) is 0 Å². The minimum Gasteiger partial charge on any atom is -0.330 e. The van der Waals surface area contributed by atoms with Crippen LogP contribution in [0, 0.1) is 19.3 Å². The molecule has 0 bridgehead atoms. The van der Waals surface area contributed by atoms with E-state index in [0.29, 0.717) is 5.41 Å². The van der Waals surface area contributed by atoms with Gasteiger partial charge >= 0.3 is 0 Å². The van der Waals surface area contributed by atoms with Gasteiger partial charge in [0.25, 0.3) is 0 Å². The predicted octanol–water partition coefficient (Wildman–Crippen LogP) is 2.97. The van der Waals surface area contributed by atoms with Gasteiger partial charge in [-0.1, -0.05) is 18.2 Å². The molecule has 0 spiro atoms. The molecule has 1 aliphatic carbocycles. The molecule has 0 heterocycles. The largest absolute Gasteiger partial charge is 0.330 e. The van der Waals surface area contributed by atoms with Gasteiger partial charge in [0.1, 0.15) is 0 Å². The number of rotatable bonds is 4. The van der Waals surface area contributed by atoms with E-state index in [4.69, 9.17) is 5.73 Å². The second-order valence-electron chi connectivity index (χ2n) is 5.09. The topological polar surface area (TPSA) is 26.0 Å². The predicted molar refractivity (Wildman–Crippen MR) is 65.0 cm³/mol. The molecule has 0 amide bonds. The summed E-state index contributed by atoms with van der Waals surface area (Å²) >= 11 is 0. The van der Waals surface area contributed by atoms with Crippen molar-refractivity contribution < 1.29 is 0 Å². The Bertz CT molecular complexity index is 330. The Morgan fingerprint density at radius 1 is 1.20 bits per heavy atom. The van der Waals surface area contributed by atoms with E-state index in [0.717, 1.165) is 6.54 Å². The highest BCUT2D eigenvalue weighted by Gasteiger charge is 2.41. The van der Waals surface area contributed by atoms with E-state index in [1.165, 1.54) is 36.8 Å². The van der Waals surface area contributed by atoms with Crippen LogP contribution >= 0.6 is 0 Å². The first-order valence-electron chi connectivity index (χ1n) is 5.92. The van der Waals surface area contributed by atoms with E-state index in [1.807, 2.05) is 0 Å². The number of nitrogens with two attached hydrogens (primary N) is 1. The summed E-state index contributed by atoms with van der Waals surface area (Å²) in [7, 11) is 0. The van der Waals surface area contributed by atoms with E-state index in [1.54, 1.807) is 5.56 Å². The lowest BCUT2D eigenvalue weighted by Crippen LogP contribution is -2.13. The molecule has 0 aliphatic heterocycles. The summed E-state index contributed by atoms with van der Waals surface area (Å²) in [6.45, 7) is 5.28. The second-order valence-corrected chi connectivity index (χ2v) is 5.09. The van der Waals surface area contributed by atoms with Crippen LogP contribution < -0.4 is 5.73 Å². The Morgan fingerprint density at radius 2 is 1.80 bits per heavy atom. The molecule has 15 heavy (non-hydrogen) atoms. The van der Waals surface area contributed by atoms with E-state index < -0.39 is 0 Å². The fourth-order valence-corrected chi connectivity index (χ4v) is 2.50. The zero-order valence-electron chi connectivity index (χ0n) is 9.84. The van der Waals surface area contributed by atoms with Gasteiger partial charge in [0.2, 0.25) is 0 Å². The fourth-order valence-electron chi connectivity index (χ4n) is 2.50. The summed E-state index contributed by atoms with van der Waals surface area (Å²) < 4.78 is 0. The van der Waals surface area contributed by atoms with Crippen molar-refractivity contribution in [2.45, 2.75) is 39.5 Å². The lowest BCUT2D eigenvalue weighted by molar-refractivity contribution is 0.469. The molecule has 1 aromatic carbocycles. The SMILES string of the molecule is Cc1cccc(C)c1CC1(CCN)CC1. The van der Waals surface area contributed by atoms with Crippen molar-refractivity contribution >= 4 is 0 Å². The van der Waals surface area contributed by atoms with Gasteiger partial charge in [-0.15, -0.1) is 0 Å². The van der Waals surface area contributed by atoms with Crippen molar-refractivity contribution in [2.75, 3.05) is 6.54 Å². The number of hydrogen-bond acceptors (Lipinski definition) is 1. The molecular weight excluding hydrogens is 182 g/mol. The zero-order valence-corrected chi connectivity index (χ0v) is 9.84. The molecule has 1 aliphatic rings. The maximum Gasteiger partial charge on any atom is -0.00719 e. The molecular formula is C14H21N. The van der Waals surface area contributed by atoms with Crippen LogP contribution in [0.1, 0.15) is 36.0 Å². The second kappa shape index (κ2) is 3.97. The molecule has 2 N–H and O–H groups in total. The summed E-state index contributed by atoms with van der Waals surface area (Å²) in [6, 6.07) is 6.60. The van der Waals surface area contributed by atoms with Crippen LogP contribution in [0.25, 0.3) is 0 Å². The van der Waals surface area contributed by atoms with E-state index in [-0.39, 0.29) is 0 Å². The Kier molecular flexibility index (Phi) is 2.83. The van der Waals surface area contributed by atoms with Gasteiger partial charge in [-0.2, -0.15) is 0 Å². The maximum atomic E-state index is 5.68. The molecule has 1 fully saturated rings. The van der Waals surface area contributed by atoms with Crippen LogP contribution in [0.15, 0.2) is 18.2 Å². The molecule has 0 atom stereocenters. The van der Waals surface area contributed by atoms with Crippen LogP contribution in [0.2, 0.25) is 0 Å². The molecule has 2 rings (SSSR count). The van der Waals surface area contributed by atoms with Gasteiger partial charge in [0, 0.05) is 0 Å². The van der Waals surface area contributed by atoms with Crippen LogP contribution in [-0.2, 0) is 6.42 Å². The summed E-state index contributed by atoms with van der Waals surface area (Å²) in [4.78, 5) is 0. The summed E-state index contributed by atoms with van der Waals surface area (Å²) in [5, 5.41) is 0. The molecule has 0 unspecified atom stereocenters. The average molecular weight is 203 g/mol. The van der Waals surface area contributed by atoms with Crippen molar-refractivity contribution in [1.82, 2.24) is 0 Å². The zero-order chi connectivity index (χ0) is 10.9. The molecule has 0 radical (unpaired) electrons. The van der Waals surface area contributed by atoms with Crippen LogP contribution in [-0.4, -0.2) is 6.54 Å². The first-order valence-corrected chi connectivity index (χ1v) is 5.92. The third-order valence-electron chi connectivity index (χ3n) is 3.83. The van der Waals surface area contributed by atoms with E-state index in [2.05, 4.69) is 32.0 Å². The highest BCUT2D eigenvalue weighted by atomic mass is 14.6. The Hall–Kier alpha value is -0.820. The molecule has 82 valence electrons. The van der Waals surface area contributed by atoms with Crippen molar-refractivity contribution in [3.63, 3.8) is 0 Å². The summed E-state index contributed by atoms with van der Waals surface area (Å²) in [5.41, 5.74) is 10.7. The quantitative estimate of drug-likeness (QED) is 0.800. The molecule has 1 heteroatoms. The Morgan fingerprint density at radius 3 is 2.27 bits per heavy atom.